The van der Waals surface area contributed by atoms with Crippen molar-refractivity contribution in [3.63, 3.8) is 0 Å². The number of hydrogen-bond acceptors (Lipinski definition) is 3. The number of carbonyl (C=O) groups excluding carboxylic acids is 1. The molecule has 1 unspecified atom stereocenters. The molecule has 0 saturated carbocycles. The van der Waals surface area contributed by atoms with Gasteiger partial charge in [0.05, 0.1) is 11.4 Å². The molecule has 0 aliphatic carbocycles. The Hall–Kier alpha value is -1.55. The van der Waals surface area contributed by atoms with Gasteiger partial charge in [-0.15, -0.1) is 0 Å². The molecular weight excluding hydrogens is 262 g/mol. The van der Waals surface area contributed by atoms with Crippen LogP contribution < -0.4 is 15.5 Å². The van der Waals surface area contributed by atoms with Gasteiger partial charge in [0.2, 0.25) is 5.91 Å². The largest absolute Gasteiger partial charge is 0.370 e. The van der Waals surface area contributed by atoms with Gasteiger partial charge in [-0.2, -0.15) is 0 Å². The van der Waals surface area contributed by atoms with Crippen molar-refractivity contribution in [3.05, 3.63) is 24.3 Å². The first kappa shape index (κ1) is 15.8. The fourth-order valence-electron chi connectivity index (χ4n) is 2.82. The summed E-state index contributed by atoms with van der Waals surface area (Å²) in [4.78, 5) is 14.6. The summed E-state index contributed by atoms with van der Waals surface area (Å²) in [6, 6.07) is 8.15. The van der Waals surface area contributed by atoms with Crippen LogP contribution in [0.1, 0.15) is 32.6 Å². The first-order valence-corrected chi connectivity index (χ1v) is 8.02. The van der Waals surface area contributed by atoms with E-state index in [1.54, 1.807) is 0 Å². The number of anilines is 2. The molecule has 2 N–H and O–H groups in total. The maximum Gasteiger partial charge on any atom is 0.228 e. The van der Waals surface area contributed by atoms with Crippen molar-refractivity contribution in [2.45, 2.75) is 32.6 Å². The third-order valence-corrected chi connectivity index (χ3v) is 4.07. The molecule has 1 aromatic rings. The molecule has 1 aliphatic heterocycles. The molecule has 0 aromatic heterocycles. The van der Waals surface area contributed by atoms with E-state index in [4.69, 9.17) is 0 Å². The van der Waals surface area contributed by atoms with E-state index in [2.05, 4.69) is 21.6 Å². The van der Waals surface area contributed by atoms with Crippen molar-refractivity contribution in [1.82, 2.24) is 5.32 Å². The number of para-hydroxylation sites is 2. The Balaban J connectivity index is 2.10. The van der Waals surface area contributed by atoms with E-state index in [0.717, 1.165) is 24.5 Å². The molecular formula is C17H27N3O. The lowest BCUT2D eigenvalue weighted by Crippen LogP contribution is -2.30. The minimum Gasteiger partial charge on any atom is -0.370 e. The second-order valence-corrected chi connectivity index (χ2v) is 5.87. The Labute approximate surface area is 127 Å². The van der Waals surface area contributed by atoms with Crippen LogP contribution in [0.3, 0.4) is 0 Å². The van der Waals surface area contributed by atoms with Crippen molar-refractivity contribution in [3.8, 4) is 0 Å². The number of benzene rings is 1. The van der Waals surface area contributed by atoms with Crippen LogP contribution in [-0.2, 0) is 4.79 Å². The SMILES string of the molecule is CNCC(C)C(=O)Nc1ccccc1N1CCCCCC1. The molecule has 0 radical (unpaired) electrons. The first-order chi connectivity index (χ1) is 10.2. The van der Waals surface area contributed by atoms with E-state index in [1.165, 1.54) is 25.7 Å². The summed E-state index contributed by atoms with van der Waals surface area (Å²) >= 11 is 0. The molecule has 1 amide bonds. The normalized spacial score (nSPS) is 17.1. The highest BCUT2D eigenvalue weighted by Gasteiger charge is 2.17. The lowest BCUT2D eigenvalue weighted by Gasteiger charge is -2.26. The molecule has 1 heterocycles. The van der Waals surface area contributed by atoms with Gasteiger partial charge in [0, 0.05) is 25.6 Å². The van der Waals surface area contributed by atoms with E-state index >= 15 is 0 Å². The van der Waals surface area contributed by atoms with Crippen LogP contribution >= 0.6 is 0 Å². The quantitative estimate of drug-likeness (QED) is 0.876. The summed E-state index contributed by atoms with van der Waals surface area (Å²) in [7, 11) is 1.87. The van der Waals surface area contributed by atoms with Crippen LogP contribution in [0.15, 0.2) is 24.3 Å². The topological polar surface area (TPSA) is 44.4 Å². The van der Waals surface area contributed by atoms with Crippen LogP contribution in [0.4, 0.5) is 11.4 Å². The van der Waals surface area contributed by atoms with Gasteiger partial charge in [0.15, 0.2) is 0 Å². The Kier molecular flexibility index (Phi) is 6.05. The van der Waals surface area contributed by atoms with E-state index in [-0.39, 0.29) is 11.8 Å². The molecule has 0 spiro atoms. The maximum atomic E-state index is 12.2. The number of amides is 1. The van der Waals surface area contributed by atoms with E-state index in [0.29, 0.717) is 6.54 Å². The zero-order valence-electron chi connectivity index (χ0n) is 13.2. The third kappa shape index (κ3) is 4.46. The Morgan fingerprint density at radius 3 is 2.52 bits per heavy atom. The molecule has 1 atom stereocenters. The van der Waals surface area contributed by atoms with Crippen LogP contribution in [0.2, 0.25) is 0 Å². The lowest BCUT2D eigenvalue weighted by atomic mass is 10.1. The summed E-state index contributed by atoms with van der Waals surface area (Å²) in [5, 5.41) is 6.14. The van der Waals surface area contributed by atoms with Gasteiger partial charge in [0.25, 0.3) is 0 Å². The zero-order chi connectivity index (χ0) is 15.1. The number of carbonyl (C=O) groups is 1. The van der Waals surface area contributed by atoms with E-state index in [1.807, 2.05) is 32.2 Å². The Morgan fingerprint density at radius 1 is 1.19 bits per heavy atom. The average Bonchev–Trinajstić information content (AvgIpc) is 2.77. The standard InChI is InChI=1S/C17H27N3O/c1-14(13-18-2)17(21)19-15-9-5-6-10-16(15)20-11-7-3-4-8-12-20/h5-6,9-10,14,18H,3-4,7-8,11-13H2,1-2H3,(H,19,21). The van der Waals surface area contributed by atoms with Gasteiger partial charge in [-0.3, -0.25) is 4.79 Å². The number of nitrogens with zero attached hydrogens (tertiary/aromatic N) is 1. The second kappa shape index (κ2) is 8.03. The van der Waals surface area contributed by atoms with Crippen molar-refractivity contribution >= 4 is 17.3 Å². The minimum atomic E-state index is -0.0350. The molecule has 21 heavy (non-hydrogen) atoms. The van der Waals surface area contributed by atoms with Crippen molar-refractivity contribution < 1.29 is 4.79 Å². The number of rotatable bonds is 5. The monoisotopic (exact) mass is 289 g/mol. The molecule has 1 aliphatic rings. The number of hydrogen-bond donors (Lipinski definition) is 2. The predicted octanol–water partition coefficient (Wildman–Crippen LogP) is 2.86. The van der Waals surface area contributed by atoms with Gasteiger partial charge < -0.3 is 15.5 Å². The van der Waals surface area contributed by atoms with Crippen molar-refractivity contribution in [2.75, 3.05) is 36.9 Å². The molecule has 1 fully saturated rings. The molecule has 2 rings (SSSR count). The summed E-state index contributed by atoms with van der Waals surface area (Å²) in [6.07, 6.45) is 5.09. The lowest BCUT2D eigenvalue weighted by molar-refractivity contribution is -0.119. The third-order valence-electron chi connectivity index (χ3n) is 4.07. The zero-order valence-corrected chi connectivity index (χ0v) is 13.2. The summed E-state index contributed by atoms with van der Waals surface area (Å²) < 4.78 is 0. The fraction of sp³-hybridized carbons (Fsp3) is 0.588. The molecule has 1 aromatic carbocycles. The molecule has 4 nitrogen and oxygen atoms in total. The van der Waals surface area contributed by atoms with E-state index < -0.39 is 0 Å². The fourth-order valence-corrected chi connectivity index (χ4v) is 2.82. The molecule has 1 saturated heterocycles. The summed E-state index contributed by atoms with van der Waals surface area (Å²) in [6.45, 7) is 4.80. The van der Waals surface area contributed by atoms with Gasteiger partial charge in [-0.1, -0.05) is 31.9 Å². The van der Waals surface area contributed by atoms with Crippen molar-refractivity contribution in [1.29, 1.82) is 0 Å². The van der Waals surface area contributed by atoms with Crippen LogP contribution in [0, 0.1) is 5.92 Å². The van der Waals surface area contributed by atoms with E-state index in [9.17, 15) is 4.79 Å². The Bertz CT molecular complexity index is 453. The highest BCUT2D eigenvalue weighted by Crippen LogP contribution is 2.28. The molecule has 0 bridgehead atoms. The van der Waals surface area contributed by atoms with Gasteiger partial charge in [-0.05, 0) is 32.0 Å². The predicted molar refractivity (Wildman–Crippen MR) is 88.8 cm³/mol. The first-order valence-electron chi connectivity index (χ1n) is 8.02. The van der Waals surface area contributed by atoms with Crippen LogP contribution in [0.5, 0.6) is 0 Å². The smallest absolute Gasteiger partial charge is 0.228 e. The Morgan fingerprint density at radius 2 is 1.86 bits per heavy atom. The second-order valence-electron chi connectivity index (χ2n) is 5.87. The summed E-state index contributed by atoms with van der Waals surface area (Å²) in [5.74, 6) is 0.0406. The van der Waals surface area contributed by atoms with Crippen LogP contribution in [-0.4, -0.2) is 32.6 Å². The van der Waals surface area contributed by atoms with Gasteiger partial charge in [-0.25, -0.2) is 0 Å². The molecule has 116 valence electrons. The minimum absolute atomic E-state index is 0.0350. The average molecular weight is 289 g/mol. The number of nitrogens with one attached hydrogen (secondary N) is 2. The highest BCUT2D eigenvalue weighted by molar-refractivity contribution is 5.95. The van der Waals surface area contributed by atoms with Gasteiger partial charge >= 0.3 is 0 Å². The van der Waals surface area contributed by atoms with Gasteiger partial charge in [0.1, 0.15) is 0 Å². The highest BCUT2D eigenvalue weighted by atomic mass is 16.1. The maximum absolute atomic E-state index is 12.2. The molecule has 4 heteroatoms. The van der Waals surface area contributed by atoms with Crippen LogP contribution in [0.25, 0.3) is 0 Å². The summed E-state index contributed by atoms with van der Waals surface area (Å²) in [5.41, 5.74) is 2.09. The van der Waals surface area contributed by atoms with Crippen molar-refractivity contribution in [2.24, 2.45) is 5.92 Å².